The third kappa shape index (κ3) is 4.08. The number of aryl methyl sites for hydroxylation is 1. The third-order valence-electron chi connectivity index (χ3n) is 5.04. The first kappa shape index (κ1) is 21.2. The Bertz CT molecular complexity index is 1260. The fraction of sp³-hybridized carbons (Fsp3) is 0.0870. The van der Waals surface area contributed by atoms with Gasteiger partial charge in [0, 0.05) is 35.2 Å². The summed E-state index contributed by atoms with van der Waals surface area (Å²) in [7, 11) is 0. The van der Waals surface area contributed by atoms with Crippen molar-refractivity contribution in [2.45, 2.75) is 13.5 Å². The Balaban J connectivity index is 1.76. The number of anilines is 1. The van der Waals surface area contributed by atoms with E-state index in [9.17, 15) is 19.7 Å². The summed E-state index contributed by atoms with van der Waals surface area (Å²) in [6, 6.07) is 14.2. The lowest BCUT2D eigenvalue weighted by Gasteiger charge is -2.15. The number of aromatic nitrogens is 1. The Hall–Kier alpha value is -4.04. The van der Waals surface area contributed by atoms with Crippen LogP contribution in [0, 0.1) is 17.0 Å². The summed E-state index contributed by atoms with van der Waals surface area (Å²) in [5, 5.41) is 14.5. The fourth-order valence-corrected chi connectivity index (χ4v) is 3.52. The molecule has 2 heterocycles. The first-order chi connectivity index (χ1) is 15.3. The van der Waals surface area contributed by atoms with Gasteiger partial charge in [0.15, 0.2) is 0 Å². The molecular formula is C23H17ClN4O4. The largest absolute Gasteiger partial charge is 0.350 e. The standard InChI is InChI=1S/C23H17ClN4O4/c1-14-4-7-17(11-19(14)24)26-21-20(16-5-8-18(9-6-16)28(31)32)22(29)27(23(21)30)13-15-3-2-10-25-12-15/h2-12,26H,13H2,1H3. The number of carbonyl (C=O) groups is 2. The van der Waals surface area contributed by atoms with Gasteiger partial charge < -0.3 is 5.32 Å². The van der Waals surface area contributed by atoms with E-state index in [1.807, 2.05) is 6.92 Å². The summed E-state index contributed by atoms with van der Waals surface area (Å²) in [6.45, 7) is 1.90. The Morgan fingerprint density at radius 1 is 1.09 bits per heavy atom. The molecule has 0 saturated carbocycles. The zero-order chi connectivity index (χ0) is 22.8. The van der Waals surface area contributed by atoms with E-state index in [4.69, 9.17) is 11.6 Å². The van der Waals surface area contributed by atoms with E-state index < -0.39 is 16.7 Å². The summed E-state index contributed by atoms with van der Waals surface area (Å²) in [6.07, 6.45) is 3.18. The number of nitro benzene ring substituents is 1. The second-order valence-corrected chi connectivity index (χ2v) is 7.61. The highest BCUT2D eigenvalue weighted by atomic mass is 35.5. The molecule has 0 aliphatic carbocycles. The highest BCUT2D eigenvalue weighted by molar-refractivity contribution is 6.36. The number of nitro groups is 1. The zero-order valence-electron chi connectivity index (χ0n) is 16.9. The summed E-state index contributed by atoms with van der Waals surface area (Å²) in [5.74, 6) is -1.02. The van der Waals surface area contributed by atoms with Gasteiger partial charge in [-0.15, -0.1) is 0 Å². The number of imide groups is 1. The van der Waals surface area contributed by atoms with Crippen LogP contribution in [0.5, 0.6) is 0 Å². The van der Waals surface area contributed by atoms with Crippen LogP contribution in [0.1, 0.15) is 16.7 Å². The zero-order valence-corrected chi connectivity index (χ0v) is 17.7. The van der Waals surface area contributed by atoms with Crippen LogP contribution in [-0.4, -0.2) is 26.6 Å². The number of rotatable bonds is 6. The van der Waals surface area contributed by atoms with Gasteiger partial charge >= 0.3 is 0 Å². The number of non-ortho nitro benzene ring substituents is 1. The van der Waals surface area contributed by atoms with E-state index in [-0.39, 0.29) is 23.5 Å². The van der Waals surface area contributed by atoms with Crippen molar-refractivity contribution < 1.29 is 14.5 Å². The molecule has 1 aliphatic heterocycles. The predicted octanol–water partition coefficient (Wildman–Crippen LogP) is 4.34. The summed E-state index contributed by atoms with van der Waals surface area (Å²) < 4.78 is 0. The van der Waals surface area contributed by atoms with Gasteiger partial charge in [-0.2, -0.15) is 0 Å². The quantitative estimate of drug-likeness (QED) is 0.341. The normalized spacial score (nSPS) is 13.6. The maximum absolute atomic E-state index is 13.3. The van der Waals surface area contributed by atoms with Gasteiger partial charge in [-0.05, 0) is 53.9 Å². The maximum Gasteiger partial charge on any atom is 0.278 e. The van der Waals surface area contributed by atoms with Crippen LogP contribution in [0.15, 0.2) is 72.7 Å². The fourth-order valence-electron chi connectivity index (χ4n) is 3.34. The highest BCUT2D eigenvalue weighted by Gasteiger charge is 2.39. The molecule has 0 radical (unpaired) electrons. The number of nitrogens with zero attached hydrogens (tertiary/aromatic N) is 3. The topological polar surface area (TPSA) is 105 Å². The van der Waals surface area contributed by atoms with Crippen LogP contribution >= 0.6 is 11.6 Å². The van der Waals surface area contributed by atoms with E-state index in [0.29, 0.717) is 21.8 Å². The lowest BCUT2D eigenvalue weighted by atomic mass is 10.0. The first-order valence-corrected chi connectivity index (χ1v) is 10.0. The van der Waals surface area contributed by atoms with Gasteiger partial charge in [-0.3, -0.25) is 29.6 Å². The van der Waals surface area contributed by atoms with Crippen molar-refractivity contribution in [2.75, 3.05) is 5.32 Å². The average Bonchev–Trinajstić information content (AvgIpc) is 3.01. The predicted molar refractivity (Wildman–Crippen MR) is 120 cm³/mol. The van der Waals surface area contributed by atoms with Gasteiger partial charge in [-0.1, -0.05) is 23.7 Å². The lowest BCUT2D eigenvalue weighted by Crippen LogP contribution is -2.32. The lowest BCUT2D eigenvalue weighted by molar-refractivity contribution is -0.384. The van der Waals surface area contributed by atoms with E-state index >= 15 is 0 Å². The Labute approximate surface area is 188 Å². The van der Waals surface area contributed by atoms with Crippen LogP contribution in [0.25, 0.3) is 5.57 Å². The van der Waals surface area contributed by atoms with E-state index in [2.05, 4.69) is 10.3 Å². The van der Waals surface area contributed by atoms with Crippen molar-refractivity contribution in [1.82, 2.24) is 9.88 Å². The van der Waals surface area contributed by atoms with Crippen molar-refractivity contribution in [3.8, 4) is 0 Å². The van der Waals surface area contributed by atoms with Crippen molar-refractivity contribution >= 4 is 40.4 Å². The molecule has 9 heteroatoms. The van der Waals surface area contributed by atoms with Gasteiger partial charge in [0.1, 0.15) is 5.70 Å². The van der Waals surface area contributed by atoms with E-state index in [1.165, 1.54) is 24.3 Å². The number of carbonyl (C=O) groups excluding carboxylic acids is 2. The smallest absolute Gasteiger partial charge is 0.278 e. The molecule has 0 unspecified atom stereocenters. The van der Waals surface area contributed by atoms with Crippen molar-refractivity contribution in [3.05, 3.63) is 105 Å². The Morgan fingerprint density at radius 2 is 1.84 bits per heavy atom. The molecule has 160 valence electrons. The van der Waals surface area contributed by atoms with Crippen molar-refractivity contribution in [1.29, 1.82) is 0 Å². The molecule has 2 aromatic carbocycles. The number of hydrogen-bond acceptors (Lipinski definition) is 6. The molecule has 1 aliphatic rings. The number of nitrogens with one attached hydrogen (secondary N) is 1. The second kappa shape index (κ2) is 8.60. The average molecular weight is 449 g/mol. The third-order valence-corrected chi connectivity index (χ3v) is 5.45. The van der Waals surface area contributed by atoms with Gasteiger partial charge in [0.05, 0.1) is 17.0 Å². The van der Waals surface area contributed by atoms with Crippen LogP contribution in [0.2, 0.25) is 5.02 Å². The molecule has 8 nitrogen and oxygen atoms in total. The van der Waals surface area contributed by atoms with E-state index in [0.717, 1.165) is 10.5 Å². The molecule has 1 N–H and O–H groups in total. The van der Waals surface area contributed by atoms with Crippen LogP contribution in [0.3, 0.4) is 0 Å². The summed E-state index contributed by atoms with van der Waals surface area (Å²) >= 11 is 6.21. The van der Waals surface area contributed by atoms with Crippen molar-refractivity contribution in [2.24, 2.45) is 0 Å². The number of hydrogen-bond donors (Lipinski definition) is 1. The Morgan fingerprint density at radius 3 is 2.47 bits per heavy atom. The molecule has 0 atom stereocenters. The molecule has 4 rings (SSSR count). The number of halogens is 1. The van der Waals surface area contributed by atoms with Crippen LogP contribution in [0.4, 0.5) is 11.4 Å². The molecule has 32 heavy (non-hydrogen) atoms. The second-order valence-electron chi connectivity index (χ2n) is 7.20. The Kier molecular flexibility index (Phi) is 5.70. The van der Waals surface area contributed by atoms with Crippen LogP contribution in [-0.2, 0) is 16.1 Å². The number of pyridine rings is 1. The maximum atomic E-state index is 13.3. The molecule has 2 amide bonds. The molecule has 0 saturated heterocycles. The number of amides is 2. The molecular weight excluding hydrogens is 432 g/mol. The minimum atomic E-state index is -0.526. The van der Waals surface area contributed by atoms with Crippen LogP contribution < -0.4 is 5.32 Å². The molecule has 0 fully saturated rings. The van der Waals surface area contributed by atoms with Crippen molar-refractivity contribution in [3.63, 3.8) is 0 Å². The molecule has 1 aromatic heterocycles. The first-order valence-electron chi connectivity index (χ1n) is 9.62. The summed E-state index contributed by atoms with van der Waals surface area (Å²) in [5.41, 5.74) is 2.59. The summed E-state index contributed by atoms with van der Waals surface area (Å²) in [4.78, 5) is 42.2. The number of benzene rings is 2. The van der Waals surface area contributed by atoms with Gasteiger partial charge in [0.25, 0.3) is 17.5 Å². The molecule has 3 aromatic rings. The van der Waals surface area contributed by atoms with E-state index in [1.54, 1.807) is 42.7 Å². The molecule has 0 bridgehead atoms. The minimum absolute atomic E-state index is 0.0435. The van der Waals surface area contributed by atoms with Gasteiger partial charge in [-0.25, -0.2) is 0 Å². The molecule has 0 spiro atoms. The highest BCUT2D eigenvalue weighted by Crippen LogP contribution is 2.33. The van der Waals surface area contributed by atoms with Gasteiger partial charge in [0.2, 0.25) is 0 Å². The monoisotopic (exact) mass is 448 g/mol. The minimum Gasteiger partial charge on any atom is -0.350 e. The SMILES string of the molecule is Cc1ccc(NC2=C(c3ccc([N+](=O)[O-])cc3)C(=O)N(Cc3cccnc3)C2=O)cc1Cl.